The van der Waals surface area contributed by atoms with E-state index in [1.54, 1.807) is 24.3 Å². The number of amides is 3. The van der Waals surface area contributed by atoms with Crippen LogP contribution < -0.4 is 5.32 Å². The smallest absolute Gasteiger partial charge is 0.261 e. The molecular formula is C22H23N3O3. The van der Waals surface area contributed by atoms with Crippen molar-refractivity contribution in [1.82, 2.24) is 15.1 Å². The molecule has 2 aromatic carbocycles. The summed E-state index contributed by atoms with van der Waals surface area (Å²) < 4.78 is 0. The zero-order chi connectivity index (χ0) is 19.5. The molecule has 0 atom stereocenters. The van der Waals surface area contributed by atoms with E-state index >= 15 is 0 Å². The number of hydrogen-bond acceptors (Lipinski definition) is 4. The third-order valence-electron chi connectivity index (χ3n) is 5.48. The highest BCUT2D eigenvalue weighted by atomic mass is 16.2. The lowest BCUT2D eigenvalue weighted by molar-refractivity contribution is 0.0624. The number of likely N-dealkylation sites (tertiary alicyclic amines) is 1. The van der Waals surface area contributed by atoms with Crippen molar-refractivity contribution in [2.45, 2.75) is 18.9 Å². The molecule has 0 spiro atoms. The molecule has 144 valence electrons. The van der Waals surface area contributed by atoms with Gasteiger partial charge >= 0.3 is 0 Å². The minimum absolute atomic E-state index is 0.0370. The fourth-order valence-electron chi connectivity index (χ4n) is 3.84. The number of rotatable bonds is 5. The summed E-state index contributed by atoms with van der Waals surface area (Å²) in [6.07, 6.45) is 1.72. The highest BCUT2D eigenvalue weighted by Gasteiger charge is 2.35. The second kappa shape index (κ2) is 7.94. The lowest BCUT2D eigenvalue weighted by Crippen LogP contribution is -2.47. The van der Waals surface area contributed by atoms with E-state index < -0.39 is 0 Å². The van der Waals surface area contributed by atoms with Gasteiger partial charge < -0.3 is 10.2 Å². The first kappa shape index (κ1) is 18.4. The molecule has 1 saturated heterocycles. The lowest BCUT2D eigenvalue weighted by atomic mass is 10.0. The zero-order valence-electron chi connectivity index (χ0n) is 15.6. The molecule has 2 aromatic rings. The van der Waals surface area contributed by atoms with Crippen LogP contribution in [0.1, 0.15) is 43.9 Å². The number of benzene rings is 2. The molecule has 1 fully saturated rings. The van der Waals surface area contributed by atoms with Gasteiger partial charge in [0.15, 0.2) is 0 Å². The largest absolute Gasteiger partial charge is 0.349 e. The molecule has 0 radical (unpaired) electrons. The Hall–Kier alpha value is -2.99. The van der Waals surface area contributed by atoms with Crippen LogP contribution in [0.25, 0.3) is 0 Å². The Bertz CT molecular complexity index is 854. The van der Waals surface area contributed by atoms with Crippen LogP contribution >= 0.6 is 0 Å². The lowest BCUT2D eigenvalue weighted by Gasteiger charge is -2.33. The fourth-order valence-corrected chi connectivity index (χ4v) is 3.84. The molecule has 1 N–H and O–H groups in total. The molecule has 0 bridgehead atoms. The molecule has 0 saturated carbocycles. The maximum atomic E-state index is 12.4. The van der Waals surface area contributed by atoms with Gasteiger partial charge in [-0.2, -0.15) is 0 Å². The number of carbonyl (C=O) groups excluding carboxylic acids is 3. The number of imide groups is 1. The van der Waals surface area contributed by atoms with E-state index in [-0.39, 0.29) is 23.8 Å². The summed E-state index contributed by atoms with van der Waals surface area (Å²) in [5, 5.41) is 3.09. The van der Waals surface area contributed by atoms with E-state index in [4.69, 9.17) is 0 Å². The third-order valence-corrected chi connectivity index (χ3v) is 5.48. The average molecular weight is 377 g/mol. The number of nitrogens with one attached hydrogen (secondary N) is 1. The van der Waals surface area contributed by atoms with Crippen LogP contribution in [-0.4, -0.2) is 59.7 Å². The molecule has 28 heavy (non-hydrogen) atoms. The van der Waals surface area contributed by atoms with E-state index in [1.807, 2.05) is 30.3 Å². The second-order valence-corrected chi connectivity index (χ2v) is 7.26. The Balaban J connectivity index is 1.25. The minimum atomic E-state index is -0.203. The predicted octanol–water partition coefficient (Wildman–Crippen LogP) is 2.18. The molecule has 2 heterocycles. The van der Waals surface area contributed by atoms with Gasteiger partial charge in [0, 0.05) is 37.8 Å². The SMILES string of the molecule is O=C(NC1CCN(CCN2C(=O)c3ccccc3C2=O)CC1)c1ccccc1. The van der Waals surface area contributed by atoms with Gasteiger partial charge in [0.05, 0.1) is 11.1 Å². The van der Waals surface area contributed by atoms with E-state index in [9.17, 15) is 14.4 Å². The topological polar surface area (TPSA) is 69.7 Å². The molecule has 0 unspecified atom stereocenters. The van der Waals surface area contributed by atoms with E-state index in [0.717, 1.165) is 25.9 Å². The molecule has 4 rings (SSSR count). The first-order chi connectivity index (χ1) is 13.6. The average Bonchev–Trinajstić information content (AvgIpc) is 2.98. The van der Waals surface area contributed by atoms with Crippen molar-refractivity contribution < 1.29 is 14.4 Å². The predicted molar refractivity (Wildman–Crippen MR) is 105 cm³/mol. The van der Waals surface area contributed by atoms with Crippen LogP contribution in [0.4, 0.5) is 0 Å². The summed E-state index contributed by atoms with van der Waals surface area (Å²) in [6, 6.07) is 16.4. The number of nitrogens with zero attached hydrogens (tertiary/aromatic N) is 2. The van der Waals surface area contributed by atoms with Crippen molar-refractivity contribution in [3.05, 3.63) is 71.3 Å². The molecule has 0 aliphatic carbocycles. The van der Waals surface area contributed by atoms with Gasteiger partial charge in [-0.05, 0) is 37.1 Å². The highest BCUT2D eigenvalue weighted by Crippen LogP contribution is 2.22. The molecular weight excluding hydrogens is 354 g/mol. The quantitative estimate of drug-likeness (QED) is 0.811. The molecule has 0 aromatic heterocycles. The Labute approximate surface area is 164 Å². The summed E-state index contributed by atoms with van der Waals surface area (Å²) in [4.78, 5) is 40.7. The minimum Gasteiger partial charge on any atom is -0.349 e. The number of hydrogen-bond donors (Lipinski definition) is 1. The first-order valence-corrected chi connectivity index (χ1v) is 9.67. The zero-order valence-corrected chi connectivity index (χ0v) is 15.6. The van der Waals surface area contributed by atoms with Crippen molar-refractivity contribution in [3.8, 4) is 0 Å². The van der Waals surface area contributed by atoms with Gasteiger partial charge in [-0.3, -0.25) is 19.3 Å². The maximum absolute atomic E-state index is 12.4. The molecule has 2 aliphatic heterocycles. The molecule has 3 amide bonds. The standard InChI is InChI=1S/C22H23N3O3/c26-20(16-6-2-1-3-7-16)23-17-10-12-24(13-11-17)14-15-25-21(27)18-8-4-5-9-19(18)22(25)28/h1-9,17H,10-15H2,(H,23,26). The second-order valence-electron chi connectivity index (χ2n) is 7.26. The highest BCUT2D eigenvalue weighted by molar-refractivity contribution is 6.21. The molecule has 6 nitrogen and oxygen atoms in total. The van der Waals surface area contributed by atoms with E-state index in [2.05, 4.69) is 10.2 Å². The molecule has 6 heteroatoms. The van der Waals surface area contributed by atoms with Crippen molar-refractivity contribution in [3.63, 3.8) is 0 Å². The van der Waals surface area contributed by atoms with Gasteiger partial charge in [-0.1, -0.05) is 30.3 Å². The van der Waals surface area contributed by atoms with Gasteiger partial charge in [0.2, 0.25) is 0 Å². The Morgan fingerprint density at radius 1 is 0.857 bits per heavy atom. The summed E-state index contributed by atoms with van der Waals surface area (Å²) in [6.45, 7) is 2.73. The summed E-state index contributed by atoms with van der Waals surface area (Å²) in [5.74, 6) is -0.443. The Kier molecular flexibility index (Phi) is 5.21. The van der Waals surface area contributed by atoms with Crippen LogP contribution in [0, 0.1) is 0 Å². The van der Waals surface area contributed by atoms with Gasteiger partial charge in [0.25, 0.3) is 17.7 Å². The van der Waals surface area contributed by atoms with Crippen LogP contribution in [0.15, 0.2) is 54.6 Å². The van der Waals surface area contributed by atoms with Gasteiger partial charge in [-0.25, -0.2) is 0 Å². The number of fused-ring (bicyclic) bond motifs is 1. The Morgan fingerprint density at radius 3 is 2.04 bits per heavy atom. The Morgan fingerprint density at radius 2 is 1.43 bits per heavy atom. The van der Waals surface area contributed by atoms with Crippen molar-refractivity contribution in [1.29, 1.82) is 0 Å². The monoisotopic (exact) mass is 377 g/mol. The van der Waals surface area contributed by atoms with Gasteiger partial charge in [-0.15, -0.1) is 0 Å². The van der Waals surface area contributed by atoms with E-state index in [0.29, 0.717) is 29.8 Å². The van der Waals surface area contributed by atoms with Crippen molar-refractivity contribution in [2.24, 2.45) is 0 Å². The first-order valence-electron chi connectivity index (χ1n) is 9.67. The summed E-state index contributed by atoms with van der Waals surface area (Å²) in [5.41, 5.74) is 1.67. The van der Waals surface area contributed by atoms with Crippen LogP contribution in [0.2, 0.25) is 0 Å². The van der Waals surface area contributed by atoms with Crippen LogP contribution in [0.3, 0.4) is 0 Å². The van der Waals surface area contributed by atoms with Gasteiger partial charge in [0.1, 0.15) is 0 Å². The third kappa shape index (κ3) is 3.68. The normalized spacial score (nSPS) is 17.6. The van der Waals surface area contributed by atoms with E-state index in [1.165, 1.54) is 4.90 Å². The van der Waals surface area contributed by atoms with Crippen molar-refractivity contribution in [2.75, 3.05) is 26.2 Å². The number of piperidine rings is 1. The van der Waals surface area contributed by atoms with Crippen molar-refractivity contribution >= 4 is 17.7 Å². The molecule has 2 aliphatic rings. The van der Waals surface area contributed by atoms with Crippen LogP contribution in [0.5, 0.6) is 0 Å². The fraction of sp³-hybridized carbons (Fsp3) is 0.318. The van der Waals surface area contributed by atoms with Crippen LogP contribution in [-0.2, 0) is 0 Å². The summed E-state index contributed by atoms with van der Waals surface area (Å²) >= 11 is 0. The maximum Gasteiger partial charge on any atom is 0.261 e. The summed E-state index contributed by atoms with van der Waals surface area (Å²) in [7, 11) is 0. The number of carbonyl (C=O) groups is 3.